The molecule has 3 aromatic carbocycles. The van der Waals surface area contributed by atoms with Crippen LogP contribution < -0.4 is 15.4 Å². The van der Waals surface area contributed by atoms with Gasteiger partial charge in [0.25, 0.3) is 5.91 Å². The van der Waals surface area contributed by atoms with Crippen molar-refractivity contribution in [2.75, 3.05) is 17.2 Å². The van der Waals surface area contributed by atoms with Crippen LogP contribution in [0.1, 0.15) is 22.8 Å². The van der Waals surface area contributed by atoms with Crippen LogP contribution in [0, 0.1) is 0 Å². The first-order valence-corrected chi connectivity index (χ1v) is 9.12. The number of amides is 2. The molecule has 2 amide bonds. The number of para-hydroxylation sites is 1. The van der Waals surface area contributed by atoms with Gasteiger partial charge in [-0.05, 0) is 48.9 Å². The third kappa shape index (κ3) is 5.20. The first kappa shape index (κ1) is 19.2. The van der Waals surface area contributed by atoms with Gasteiger partial charge >= 0.3 is 0 Å². The molecule has 0 spiro atoms. The Morgan fingerprint density at radius 1 is 0.821 bits per heavy atom. The van der Waals surface area contributed by atoms with Crippen LogP contribution in [0.2, 0.25) is 0 Å². The highest BCUT2D eigenvalue weighted by molar-refractivity contribution is 6.10. The van der Waals surface area contributed by atoms with Crippen molar-refractivity contribution >= 4 is 23.2 Å². The van der Waals surface area contributed by atoms with Gasteiger partial charge in [-0.2, -0.15) is 0 Å². The predicted octanol–water partition coefficient (Wildman–Crippen LogP) is 4.52. The minimum atomic E-state index is -0.292. The molecule has 5 heteroatoms. The molecular formula is C23H22N2O3. The third-order valence-corrected chi connectivity index (χ3v) is 4.08. The van der Waals surface area contributed by atoms with Gasteiger partial charge in [0, 0.05) is 5.69 Å². The number of rotatable bonds is 7. The molecule has 0 atom stereocenters. The molecule has 0 radical (unpaired) electrons. The number of hydrogen-bond donors (Lipinski definition) is 2. The molecule has 142 valence electrons. The number of hydrogen-bond acceptors (Lipinski definition) is 3. The molecule has 5 nitrogen and oxygen atoms in total. The topological polar surface area (TPSA) is 67.4 Å². The van der Waals surface area contributed by atoms with Gasteiger partial charge in [0.05, 0.1) is 24.3 Å². The van der Waals surface area contributed by atoms with Crippen LogP contribution in [-0.4, -0.2) is 18.4 Å². The Bertz CT molecular complexity index is 938. The lowest BCUT2D eigenvalue weighted by molar-refractivity contribution is -0.115. The van der Waals surface area contributed by atoms with Crippen LogP contribution >= 0.6 is 0 Å². The summed E-state index contributed by atoms with van der Waals surface area (Å²) < 4.78 is 5.40. The smallest absolute Gasteiger partial charge is 0.257 e. The van der Waals surface area contributed by atoms with Crippen molar-refractivity contribution in [3.05, 3.63) is 90.0 Å². The summed E-state index contributed by atoms with van der Waals surface area (Å²) in [5, 5.41) is 5.68. The monoisotopic (exact) mass is 374 g/mol. The SMILES string of the molecule is CCOc1ccc(NC(=O)c2ccccc2NC(=O)Cc2ccccc2)cc1. The molecule has 0 aliphatic heterocycles. The molecule has 0 heterocycles. The number of nitrogens with one attached hydrogen (secondary N) is 2. The quantitative estimate of drug-likeness (QED) is 0.639. The lowest BCUT2D eigenvalue weighted by atomic mass is 10.1. The van der Waals surface area contributed by atoms with E-state index in [9.17, 15) is 9.59 Å². The second-order valence-electron chi connectivity index (χ2n) is 6.17. The van der Waals surface area contributed by atoms with E-state index in [1.165, 1.54) is 0 Å². The largest absolute Gasteiger partial charge is 0.494 e. The van der Waals surface area contributed by atoms with E-state index >= 15 is 0 Å². The van der Waals surface area contributed by atoms with Crippen molar-refractivity contribution in [2.45, 2.75) is 13.3 Å². The zero-order chi connectivity index (χ0) is 19.8. The Kier molecular flexibility index (Phi) is 6.41. The number of ether oxygens (including phenoxy) is 1. The van der Waals surface area contributed by atoms with Crippen LogP contribution in [0.3, 0.4) is 0 Å². The summed E-state index contributed by atoms with van der Waals surface area (Å²) in [5.74, 6) is 0.279. The van der Waals surface area contributed by atoms with Crippen molar-refractivity contribution in [1.82, 2.24) is 0 Å². The van der Waals surface area contributed by atoms with Gasteiger partial charge in [-0.3, -0.25) is 9.59 Å². The molecule has 0 aromatic heterocycles. The summed E-state index contributed by atoms with van der Waals surface area (Å²) in [6.45, 7) is 2.50. The second kappa shape index (κ2) is 9.37. The minimum Gasteiger partial charge on any atom is -0.494 e. The first-order valence-electron chi connectivity index (χ1n) is 9.12. The second-order valence-corrected chi connectivity index (χ2v) is 6.17. The third-order valence-electron chi connectivity index (χ3n) is 4.08. The minimum absolute atomic E-state index is 0.174. The molecule has 28 heavy (non-hydrogen) atoms. The van der Waals surface area contributed by atoms with E-state index in [1.54, 1.807) is 48.5 Å². The molecule has 0 saturated heterocycles. The fraction of sp³-hybridized carbons (Fsp3) is 0.130. The van der Waals surface area contributed by atoms with Gasteiger partial charge in [-0.1, -0.05) is 42.5 Å². The standard InChI is InChI=1S/C23H22N2O3/c1-2-28-19-14-12-18(13-15-19)24-23(27)20-10-6-7-11-21(20)25-22(26)16-17-8-4-3-5-9-17/h3-15H,2,16H2,1H3,(H,24,27)(H,25,26). The molecule has 3 rings (SSSR count). The zero-order valence-electron chi connectivity index (χ0n) is 15.6. The van der Waals surface area contributed by atoms with Crippen molar-refractivity contribution in [2.24, 2.45) is 0 Å². The van der Waals surface area contributed by atoms with Gasteiger partial charge in [0.2, 0.25) is 5.91 Å². The summed E-state index contributed by atoms with van der Waals surface area (Å²) >= 11 is 0. The van der Waals surface area contributed by atoms with E-state index in [0.717, 1.165) is 11.3 Å². The number of carbonyl (C=O) groups is 2. The molecular weight excluding hydrogens is 352 g/mol. The zero-order valence-corrected chi connectivity index (χ0v) is 15.6. The Morgan fingerprint density at radius 3 is 2.21 bits per heavy atom. The summed E-state index contributed by atoms with van der Waals surface area (Å²) in [6, 6.07) is 23.6. The van der Waals surface area contributed by atoms with E-state index in [-0.39, 0.29) is 18.2 Å². The van der Waals surface area contributed by atoms with E-state index in [0.29, 0.717) is 23.5 Å². The molecule has 0 aliphatic rings. The summed E-state index contributed by atoms with van der Waals surface area (Å²) in [4.78, 5) is 25.0. The van der Waals surface area contributed by atoms with Gasteiger partial charge in [-0.15, -0.1) is 0 Å². The van der Waals surface area contributed by atoms with Gasteiger partial charge in [-0.25, -0.2) is 0 Å². The average molecular weight is 374 g/mol. The number of benzene rings is 3. The number of anilines is 2. The van der Waals surface area contributed by atoms with Gasteiger partial charge in [0.1, 0.15) is 5.75 Å². The van der Waals surface area contributed by atoms with E-state index in [2.05, 4.69) is 10.6 Å². The van der Waals surface area contributed by atoms with Crippen LogP contribution in [-0.2, 0) is 11.2 Å². The molecule has 0 fully saturated rings. The molecule has 0 saturated carbocycles. The van der Waals surface area contributed by atoms with Gasteiger partial charge < -0.3 is 15.4 Å². The van der Waals surface area contributed by atoms with E-state index < -0.39 is 0 Å². The normalized spacial score (nSPS) is 10.2. The van der Waals surface area contributed by atoms with E-state index in [1.807, 2.05) is 37.3 Å². The Balaban J connectivity index is 1.68. The van der Waals surface area contributed by atoms with Crippen LogP contribution in [0.5, 0.6) is 5.75 Å². The van der Waals surface area contributed by atoms with Gasteiger partial charge in [0.15, 0.2) is 0 Å². The fourth-order valence-electron chi connectivity index (χ4n) is 2.77. The highest BCUT2D eigenvalue weighted by atomic mass is 16.5. The Labute approximate surface area is 164 Å². The highest BCUT2D eigenvalue weighted by Gasteiger charge is 2.13. The molecule has 0 aliphatic carbocycles. The van der Waals surface area contributed by atoms with Crippen molar-refractivity contribution in [3.63, 3.8) is 0 Å². The Morgan fingerprint density at radius 2 is 1.50 bits per heavy atom. The van der Waals surface area contributed by atoms with Crippen LogP contribution in [0.4, 0.5) is 11.4 Å². The fourth-order valence-corrected chi connectivity index (χ4v) is 2.77. The maximum absolute atomic E-state index is 12.7. The maximum Gasteiger partial charge on any atom is 0.257 e. The summed E-state index contributed by atoms with van der Waals surface area (Å²) in [6.07, 6.45) is 0.246. The predicted molar refractivity (Wildman–Crippen MR) is 111 cm³/mol. The van der Waals surface area contributed by atoms with E-state index in [4.69, 9.17) is 4.74 Å². The average Bonchev–Trinajstić information content (AvgIpc) is 2.71. The van der Waals surface area contributed by atoms with Crippen molar-refractivity contribution in [1.29, 1.82) is 0 Å². The summed E-state index contributed by atoms with van der Waals surface area (Å²) in [7, 11) is 0. The highest BCUT2D eigenvalue weighted by Crippen LogP contribution is 2.20. The maximum atomic E-state index is 12.7. The Hall–Kier alpha value is -3.60. The first-order chi connectivity index (χ1) is 13.7. The molecule has 0 bridgehead atoms. The van der Waals surface area contributed by atoms with Crippen molar-refractivity contribution in [3.8, 4) is 5.75 Å². The molecule has 2 N–H and O–H groups in total. The van der Waals surface area contributed by atoms with Crippen molar-refractivity contribution < 1.29 is 14.3 Å². The lowest BCUT2D eigenvalue weighted by Gasteiger charge is -2.12. The van der Waals surface area contributed by atoms with Crippen LogP contribution in [0.15, 0.2) is 78.9 Å². The number of carbonyl (C=O) groups excluding carboxylic acids is 2. The van der Waals surface area contributed by atoms with Crippen LogP contribution in [0.25, 0.3) is 0 Å². The molecule has 3 aromatic rings. The molecule has 0 unspecified atom stereocenters. The summed E-state index contributed by atoms with van der Waals surface area (Å²) in [5.41, 5.74) is 2.44. The lowest BCUT2D eigenvalue weighted by Crippen LogP contribution is -2.19.